The van der Waals surface area contributed by atoms with Crippen LogP contribution in [0.4, 0.5) is 0 Å². The van der Waals surface area contributed by atoms with Crippen molar-refractivity contribution in [2.45, 2.75) is 25.2 Å². The fraction of sp³-hybridized carbons (Fsp3) is 0.111. The van der Waals surface area contributed by atoms with Crippen LogP contribution >= 0.6 is 0 Å². The van der Waals surface area contributed by atoms with Gasteiger partial charge in [0.25, 0.3) is 0 Å². The first kappa shape index (κ1) is 22.8. The Labute approximate surface area is 231 Å². The van der Waals surface area contributed by atoms with E-state index in [1.54, 1.807) is 6.20 Å². The predicted octanol–water partition coefficient (Wildman–Crippen LogP) is 8.88. The molecule has 0 radical (unpaired) electrons. The highest BCUT2D eigenvalue weighted by molar-refractivity contribution is 6.13. The number of furan rings is 1. The number of hydrogen-bond acceptors (Lipinski definition) is 3. The van der Waals surface area contributed by atoms with Crippen molar-refractivity contribution in [3.63, 3.8) is 0 Å². The molecule has 3 aromatic carbocycles. The van der Waals surface area contributed by atoms with E-state index in [-0.39, 0.29) is 5.92 Å². The van der Waals surface area contributed by atoms with Gasteiger partial charge in [-0.1, -0.05) is 60.7 Å². The number of fused-ring (bicyclic) bond motifs is 6. The minimum absolute atomic E-state index is 0.120. The Bertz CT molecular complexity index is 2110. The van der Waals surface area contributed by atoms with Crippen molar-refractivity contribution in [3.8, 4) is 11.8 Å². The highest BCUT2D eigenvalue weighted by Gasteiger charge is 2.20. The van der Waals surface area contributed by atoms with E-state index < -0.39 is 0 Å². The van der Waals surface area contributed by atoms with Gasteiger partial charge in [-0.2, -0.15) is 5.26 Å². The van der Waals surface area contributed by atoms with Gasteiger partial charge >= 0.3 is 0 Å². The molecular weight excluding hydrogens is 490 g/mol. The van der Waals surface area contributed by atoms with Gasteiger partial charge in [-0.3, -0.25) is 0 Å². The Morgan fingerprint density at radius 1 is 0.875 bits per heavy atom. The van der Waals surface area contributed by atoms with Crippen molar-refractivity contribution < 1.29 is 4.42 Å². The summed E-state index contributed by atoms with van der Waals surface area (Å²) in [5.74, 6) is 1.11. The predicted molar refractivity (Wildman–Crippen MR) is 161 cm³/mol. The summed E-state index contributed by atoms with van der Waals surface area (Å²) in [7, 11) is 0. The van der Waals surface area contributed by atoms with E-state index in [9.17, 15) is 5.26 Å². The molecule has 0 amide bonds. The number of aryl methyl sites for hydroxylation is 1. The van der Waals surface area contributed by atoms with Crippen LogP contribution in [-0.2, 0) is 6.42 Å². The average Bonchev–Trinajstić information content (AvgIpc) is 3.55. The molecule has 3 aromatic heterocycles. The molecule has 2 aliphatic carbocycles. The number of allylic oxidation sites excluding steroid dienone is 5. The SMILES string of the molecule is N#Cc1ncccc1C1C=C(c2cccc(-n3c4ccccc4c4cc5oc6c(c5cc43)CCC=C6)c2)C=CC1. The van der Waals surface area contributed by atoms with Gasteiger partial charge in [0.2, 0.25) is 0 Å². The van der Waals surface area contributed by atoms with Crippen molar-refractivity contribution >= 4 is 44.4 Å². The molecule has 0 saturated heterocycles. The smallest absolute Gasteiger partial charge is 0.144 e. The largest absolute Gasteiger partial charge is 0.456 e. The molecule has 0 fully saturated rings. The van der Waals surface area contributed by atoms with Gasteiger partial charge in [0.05, 0.1) is 11.0 Å². The molecule has 190 valence electrons. The van der Waals surface area contributed by atoms with E-state index in [4.69, 9.17) is 4.42 Å². The van der Waals surface area contributed by atoms with E-state index >= 15 is 0 Å². The third kappa shape index (κ3) is 3.48. The van der Waals surface area contributed by atoms with Gasteiger partial charge < -0.3 is 8.98 Å². The average molecular weight is 516 g/mol. The summed E-state index contributed by atoms with van der Waals surface area (Å²) in [6, 6.07) is 28.1. The zero-order chi connectivity index (χ0) is 26.6. The van der Waals surface area contributed by atoms with Gasteiger partial charge in [0.15, 0.2) is 0 Å². The zero-order valence-corrected chi connectivity index (χ0v) is 21.8. The Hall–Kier alpha value is -5.14. The monoisotopic (exact) mass is 515 g/mol. The lowest BCUT2D eigenvalue weighted by molar-refractivity contribution is 0.596. The van der Waals surface area contributed by atoms with Gasteiger partial charge in [0.1, 0.15) is 23.1 Å². The molecule has 0 aliphatic heterocycles. The van der Waals surface area contributed by atoms with E-state index in [0.29, 0.717) is 5.69 Å². The molecule has 1 unspecified atom stereocenters. The first-order valence-corrected chi connectivity index (χ1v) is 13.8. The van der Waals surface area contributed by atoms with Gasteiger partial charge in [-0.15, -0.1) is 0 Å². The van der Waals surface area contributed by atoms with E-state index in [0.717, 1.165) is 53.0 Å². The lowest BCUT2D eigenvalue weighted by Crippen LogP contribution is -2.03. The third-order valence-electron chi connectivity index (χ3n) is 8.30. The van der Waals surface area contributed by atoms with Crippen LogP contribution in [0.25, 0.3) is 50.1 Å². The molecule has 0 saturated carbocycles. The fourth-order valence-corrected chi connectivity index (χ4v) is 6.44. The van der Waals surface area contributed by atoms with Gasteiger partial charge in [0, 0.05) is 39.5 Å². The summed E-state index contributed by atoms with van der Waals surface area (Å²) in [6.45, 7) is 0. The highest BCUT2D eigenvalue weighted by Crippen LogP contribution is 2.39. The summed E-state index contributed by atoms with van der Waals surface area (Å²) in [5, 5.41) is 13.2. The van der Waals surface area contributed by atoms with Gasteiger partial charge in [-0.05, 0) is 78.4 Å². The standard InChI is InChI=1S/C36H25N3O/c37-22-32-27(14-7-17-38-32)25-10-5-8-23(18-25)24-9-6-11-26(19-24)39-33-15-3-1-12-28(33)30-21-36-31(20-34(30)39)29-13-2-4-16-35(29)40-36/h1,3-9,11-12,14-21,25H,2,10,13H2. The number of nitriles is 1. The van der Waals surface area contributed by atoms with Crippen molar-refractivity contribution in [1.82, 2.24) is 9.55 Å². The molecule has 4 nitrogen and oxygen atoms in total. The van der Waals surface area contributed by atoms with Crippen LogP contribution in [0.3, 0.4) is 0 Å². The number of rotatable bonds is 3. The molecule has 2 aliphatic rings. The summed E-state index contributed by atoms with van der Waals surface area (Å²) < 4.78 is 8.67. The Kier molecular flexibility index (Phi) is 5.11. The van der Waals surface area contributed by atoms with Crippen molar-refractivity contribution in [3.05, 3.63) is 131 Å². The van der Waals surface area contributed by atoms with E-state index in [1.807, 2.05) is 12.1 Å². The molecule has 40 heavy (non-hydrogen) atoms. The summed E-state index contributed by atoms with van der Waals surface area (Å²) in [5.41, 5.74) is 9.53. The number of para-hydroxylation sites is 1. The lowest BCUT2D eigenvalue weighted by atomic mass is 9.87. The van der Waals surface area contributed by atoms with Crippen LogP contribution < -0.4 is 0 Å². The fourth-order valence-electron chi connectivity index (χ4n) is 6.44. The maximum Gasteiger partial charge on any atom is 0.144 e. The summed E-state index contributed by atoms with van der Waals surface area (Å²) in [4.78, 5) is 4.29. The molecule has 0 bridgehead atoms. The van der Waals surface area contributed by atoms with Crippen LogP contribution in [-0.4, -0.2) is 9.55 Å². The maximum atomic E-state index is 9.60. The van der Waals surface area contributed by atoms with Crippen LogP contribution in [0.5, 0.6) is 0 Å². The van der Waals surface area contributed by atoms with Crippen molar-refractivity contribution in [2.75, 3.05) is 0 Å². The summed E-state index contributed by atoms with van der Waals surface area (Å²) >= 11 is 0. The van der Waals surface area contributed by atoms with Crippen LogP contribution in [0.2, 0.25) is 0 Å². The molecule has 4 heteroatoms. The molecule has 0 N–H and O–H groups in total. The normalized spacial score (nSPS) is 16.4. The number of nitrogens with zero attached hydrogens (tertiary/aromatic N) is 3. The van der Waals surface area contributed by atoms with Crippen LogP contribution in [0, 0.1) is 11.3 Å². The first-order chi connectivity index (χ1) is 19.8. The second kappa shape index (κ2) is 8.97. The number of pyridine rings is 1. The molecule has 3 heterocycles. The van der Waals surface area contributed by atoms with E-state index in [2.05, 4.69) is 107 Å². The minimum Gasteiger partial charge on any atom is -0.456 e. The summed E-state index contributed by atoms with van der Waals surface area (Å²) in [6.07, 6.45) is 15.6. The molecule has 6 aromatic rings. The minimum atomic E-state index is 0.120. The molecular formula is C36H25N3O. The number of benzene rings is 3. The van der Waals surface area contributed by atoms with E-state index in [1.165, 1.54) is 32.8 Å². The number of hydrogen-bond donors (Lipinski definition) is 0. The quantitative estimate of drug-likeness (QED) is 0.236. The lowest BCUT2D eigenvalue weighted by Gasteiger charge is -2.19. The maximum absolute atomic E-state index is 9.60. The van der Waals surface area contributed by atoms with Crippen LogP contribution in [0.1, 0.15) is 46.9 Å². The highest BCUT2D eigenvalue weighted by atomic mass is 16.3. The van der Waals surface area contributed by atoms with Crippen molar-refractivity contribution in [2.24, 2.45) is 0 Å². The van der Waals surface area contributed by atoms with Crippen molar-refractivity contribution in [1.29, 1.82) is 5.26 Å². The zero-order valence-electron chi connectivity index (χ0n) is 21.8. The van der Waals surface area contributed by atoms with Crippen LogP contribution in [0.15, 0.2) is 108 Å². The molecule has 8 rings (SSSR count). The third-order valence-corrected chi connectivity index (χ3v) is 8.30. The second-order valence-corrected chi connectivity index (χ2v) is 10.6. The molecule has 1 atom stereocenters. The number of aromatic nitrogens is 2. The topological polar surface area (TPSA) is 54.8 Å². The Morgan fingerprint density at radius 3 is 2.77 bits per heavy atom. The molecule has 0 spiro atoms. The first-order valence-electron chi connectivity index (χ1n) is 13.8. The van der Waals surface area contributed by atoms with Gasteiger partial charge in [-0.25, -0.2) is 4.98 Å². The second-order valence-electron chi connectivity index (χ2n) is 10.6. The Balaban J connectivity index is 1.30. The Morgan fingerprint density at radius 2 is 1.82 bits per heavy atom.